The van der Waals surface area contributed by atoms with Crippen LogP contribution in [-0.2, 0) is 37.0 Å². The van der Waals surface area contributed by atoms with Crippen LogP contribution in [0.1, 0.15) is 65.3 Å². The number of ether oxygens (including phenoxy) is 3. The maximum Gasteiger partial charge on any atom is 0.338 e. The maximum absolute atomic E-state index is 12.3. The fourth-order valence-corrected chi connectivity index (χ4v) is 6.20. The van der Waals surface area contributed by atoms with Gasteiger partial charge in [-0.25, -0.2) is 9.78 Å². The molecule has 11 heteroatoms. The quantitative estimate of drug-likeness (QED) is 0.126. The van der Waals surface area contributed by atoms with Crippen molar-refractivity contribution in [2.45, 2.75) is 63.0 Å². The van der Waals surface area contributed by atoms with Crippen LogP contribution in [0.5, 0.6) is 0 Å². The molecule has 1 fully saturated rings. The largest absolute Gasteiger partial charge is 0.478 e. The molecular weight excluding hydrogens is 620 g/mol. The number of aliphatic hydroxyl groups is 1. The van der Waals surface area contributed by atoms with Gasteiger partial charge in [-0.1, -0.05) is 66.7 Å². The molecule has 10 nitrogen and oxygen atoms in total. The summed E-state index contributed by atoms with van der Waals surface area (Å²) in [5, 5.41) is 22.3. The van der Waals surface area contributed by atoms with Crippen molar-refractivity contribution in [1.29, 1.82) is 0 Å². The van der Waals surface area contributed by atoms with Gasteiger partial charge in [-0.3, -0.25) is 9.59 Å². The Labute approximate surface area is 277 Å². The number of esters is 1. The van der Waals surface area contributed by atoms with Gasteiger partial charge in [-0.15, -0.1) is 11.8 Å². The second-order valence-corrected chi connectivity index (χ2v) is 12.1. The zero-order valence-corrected chi connectivity index (χ0v) is 26.8. The molecule has 0 saturated carbocycles. The van der Waals surface area contributed by atoms with Gasteiger partial charge in [0.15, 0.2) is 12.4 Å². The van der Waals surface area contributed by atoms with Crippen molar-refractivity contribution < 1.29 is 38.8 Å². The molecule has 0 radical (unpaired) electrons. The van der Waals surface area contributed by atoms with E-state index in [2.05, 4.69) is 10.3 Å². The van der Waals surface area contributed by atoms with E-state index < -0.39 is 24.3 Å². The lowest BCUT2D eigenvalue weighted by Crippen LogP contribution is -2.35. The number of amides is 1. The highest BCUT2D eigenvalue weighted by Crippen LogP contribution is 2.40. The van der Waals surface area contributed by atoms with Gasteiger partial charge < -0.3 is 29.7 Å². The standard InChI is InChI=1S/C36H36N2O8S/c1-22(44-23(2)40)33(41)38-19-25-5-3-6-29(17-25)26-12-14-28(15-13-26)36-45-30(21-47-34-31(35(42)43)7-4-16-37-34)18-32(46-36)27-10-8-24(20-39)9-11-27/h3-17,22,30,32,36,39H,18-21H2,1-2H3,(H,38,41)(H,42,43)/t22-,30-,32+,36+/m0/s1. The van der Waals surface area contributed by atoms with Gasteiger partial charge in [-0.2, -0.15) is 0 Å². The van der Waals surface area contributed by atoms with E-state index >= 15 is 0 Å². The second-order valence-electron chi connectivity index (χ2n) is 11.1. The van der Waals surface area contributed by atoms with E-state index in [0.29, 0.717) is 17.2 Å². The summed E-state index contributed by atoms with van der Waals surface area (Å²) in [6, 6.07) is 26.5. The SMILES string of the molecule is CC(=O)O[C@@H](C)C(=O)NCc1cccc(-c2ccc([C@@H]3O[C@H](CSc4ncccc4C(=O)O)C[C@H](c4ccc(CO)cc4)O3)cc2)c1. The fraction of sp³-hybridized carbons (Fsp3) is 0.278. The summed E-state index contributed by atoms with van der Waals surface area (Å²) in [6.45, 7) is 3.03. The molecule has 1 saturated heterocycles. The molecule has 3 N–H and O–H groups in total. The Hall–Kier alpha value is -4.55. The Kier molecular flexibility index (Phi) is 11.4. The first kappa shape index (κ1) is 33.8. The van der Waals surface area contributed by atoms with Gasteiger partial charge >= 0.3 is 11.9 Å². The number of rotatable bonds is 12. The van der Waals surface area contributed by atoms with E-state index in [0.717, 1.165) is 33.4 Å². The topological polar surface area (TPSA) is 144 Å². The molecule has 0 aliphatic carbocycles. The van der Waals surface area contributed by atoms with Crippen molar-refractivity contribution in [1.82, 2.24) is 10.3 Å². The second kappa shape index (κ2) is 15.8. The van der Waals surface area contributed by atoms with Gasteiger partial charge in [0.25, 0.3) is 5.91 Å². The molecule has 4 aromatic rings. The van der Waals surface area contributed by atoms with Crippen molar-refractivity contribution in [2.24, 2.45) is 0 Å². The zero-order chi connectivity index (χ0) is 33.3. The number of carboxylic acid groups (broad SMARTS) is 1. The summed E-state index contributed by atoms with van der Waals surface area (Å²) in [7, 11) is 0. The minimum atomic E-state index is -1.03. The fourth-order valence-electron chi connectivity index (χ4n) is 5.19. The average molecular weight is 657 g/mol. The number of pyridine rings is 1. The molecule has 2 heterocycles. The highest BCUT2D eigenvalue weighted by molar-refractivity contribution is 7.99. The number of nitrogens with zero attached hydrogens (tertiary/aromatic N) is 1. The third kappa shape index (κ3) is 9.05. The van der Waals surface area contributed by atoms with Crippen LogP contribution in [0.3, 0.4) is 0 Å². The molecule has 0 unspecified atom stereocenters. The molecular formula is C36H36N2O8S. The first-order valence-electron chi connectivity index (χ1n) is 15.2. The van der Waals surface area contributed by atoms with Crippen molar-refractivity contribution in [2.75, 3.05) is 5.75 Å². The summed E-state index contributed by atoms with van der Waals surface area (Å²) >= 11 is 1.34. The Morgan fingerprint density at radius 1 is 0.957 bits per heavy atom. The minimum Gasteiger partial charge on any atom is -0.478 e. The van der Waals surface area contributed by atoms with E-state index in [1.807, 2.05) is 72.8 Å². The monoisotopic (exact) mass is 656 g/mol. The molecule has 0 bridgehead atoms. The summed E-state index contributed by atoms with van der Waals surface area (Å²) < 4.78 is 17.8. The van der Waals surface area contributed by atoms with E-state index in [-0.39, 0.29) is 36.8 Å². The van der Waals surface area contributed by atoms with Gasteiger partial charge in [0.1, 0.15) is 5.03 Å². The maximum atomic E-state index is 12.3. The molecule has 0 spiro atoms. The number of carbonyl (C=O) groups excluding carboxylic acids is 2. The third-order valence-corrected chi connectivity index (χ3v) is 8.78. The number of aromatic nitrogens is 1. The highest BCUT2D eigenvalue weighted by Gasteiger charge is 2.32. The summed E-state index contributed by atoms with van der Waals surface area (Å²) in [5.41, 5.74) is 5.55. The zero-order valence-electron chi connectivity index (χ0n) is 26.0. The highest BCUT2D eigenvalue weighted by atomic mass is 32.2. The van der Waals surface area contributed by atoms with Gasteiger partial charge in [0.05, 0.1) is 24.4 Å². The number of aromatic carboxylic acids is 1. The lowest BCUT2D eigenvalue weighted by molar-refractivity contribution is -0.245. The Morgan fingerprint density at radius 2 is 1.70 bits per heavy atom. The van der Waals surface area contributed by atoms with Crippen molar-refractivity contribution in [3.8, 4) is 11.1 Å². The first-order chi connectivity index (χ1) is 22.7. The van der Waals surface area contributed by atoms with Crippen LogP contribution >= 0.6 is 11.8 Å². The van der Waals surface area contributed by atoms with Crippen LogP contribution in [0.2, 0.25) is 0 Å². The number of nitrogens with one attached hydrogen (secondary N) is 1. The van der Waals surface area contributed by atoms with Gasteiger partial charge in [0, 0.05) is 37.4 Å². The van der Waals surface area contributed by atoms with Crippen LogP contribution in [0, 0.1) is 0 Å². The molecule has 47 heavy (non-hydrogen) atoms. The Balaban J connectivity index is 1.30. The summed E-state index contributed by atoms with van der Waals surface area (Å²) in [5.74, 6) is -1.44. The number of carboxylic acids is 1. The van der Waals surface area contributed by atoms with Crippen molar-refractivity contribution in [3.05, 3.63) is 119 Å². The predicted molar refractivity (Wildman–Crippen MR) is 175 cm³/mol. The third-order valence-electron chi connectivity index (χ3n) is 7.64. The normalized spacial score (nSPS) is 18.2. The Morgan fingerprint density at radius 3 is 2.40 bits per heavy atom. The number of hydrogen-bond donors (Lipinski definition) is 3. The molecule has 1 aliphatic rings. The average Bonchev–Trinajstić information content (AvgIpc) is 3.09. The van der Waals surface area contributed by atoms with Gasteiger partial charge in [-0.05, 0) is 52.9 Å². The van der Waals surface area contributed by atoms with E-state index in [9.17, 15) is 24.6 Å². The van der Waals surface area contributed by atoms with Crippen LogP contribution in [0.15, 0.2) is 96.2 Å². The molecule has 1 aromatic heterocycles. The summed E-state index contributed by atoms with van der Waals surface area (Å²) in [4.78, 5) is 39.4. The molecule has 5 rings (SSSR count). The number of thioether (sulfide) groups is 1. The Bertz CT molecular complexity index is 1700. The van der Waals surface area contributed by atoms with E-state index in [1.165, 1.54) is 31.7 Å². The number of hydrogen-bond acceptors (Lipinski definition) is 9. The lowest BCUT2D eigenvalue weighted by atomic mass is 9.99. The van der Waals surface area contributed by atoms with Crippen LogP contribution < -0.4 is 5.32 Å². The van der Waals surface area contributed by atoms with Crippen LogP contribution in [0.4, 0.5) is 0 Å². The van der Waals surface area contributed by atoms with Crippen LogP contribution in [0.25, 0.3) is 11.1 Å². The van der Waals surface area contributed by atoms with E-state index in [1.54, 1.807) is 12.3 Å². The molecule has 3 aromatic carbocycles. The number of aliphatic hydroxyl groups excluding tert-OH is 1. The number of benzene rings is 3. The predicted octanol–water partition coefficient (Wildman–Crippen LogP) is 5.84. The molecule has 1 aliphatic heterocycles. The van der Waals surface area contributed by atoms with Crippen molar-refractivity contribution in [3.63, 3.8) is 0 Å². The first-order valence-corrected chi connectivity index (χ1v) is 16.1. The van der Waals surface area contributed by atoms with Crippen molar-refractivity contribution >= 4 is 29.6 Å². The molecule has 244 valence electrons. The smallest absolute Gasteiger partial charge is 0.338 e. The number of carbonyl (C=O) groups is 3. The van der Waals surface area contributed by atoms with E-state index in [4.69, 9.17) is 14.2 Å². The molecule has 1 amide bonds. The van der Waals surface area contributed by atoms with Crippen LogP contribution in [-0.4, -0.2) is 51.0 Å². The molecule has 4 atom stereocenters. The summed E-state index contributed by atoms with van der Waals surface area (Å²) in [6.07, 6.45) is 0.0350. The van der Waals surface area contributed by atoms with Gasteiger partial charge in [0.2, 0.25) is 0 Å². The lowest BCUT2D eigenvalue weighted by Gasteiger charge is -2.36. The minimum absolute atomic E-state index is 0.0496.